The second-order valence-electron chi connectivity index (χ2n) is 6.25. The van der Waals surface area contributed by atoms with Crippen LogP contribution in [0.25, 0.3) is 11.3 Å². The van der Waals surface area contributed by atoms with Crippen LogP contribution in [0, 0.1) is 11.6 Å². The fraction of sp³-hybridized carbons (Fsp3) is 0.211. The smallest absolute Gasteiger partial charge is 0.227 e. The van der Waals surface area contributed by atoms with Gasteiger partial charge in [-0.2, -0.15) is 5.10 Å². The number of carbonyl (C=O) groups excluding carboxylic acids is 1. The van der Waals surface area contributed by atoms with Gasteiger partial charge in [0.25, 0.3) is 0 Å². The molecule has 132 valence electrons. The van der Waals surface area contributed by atoms with E-state index in [2.05, 4.69) is 15.2 Å². The summed E-state index contributed by atoms with van der Waals surface area (Å²) in [5.41, 5.74) is 3.15. The Morgan fingerprint density at radius 1 is 1.15 bits per heavy atom. The Morgan fingerprint density at radius 3 is 2.73 bits per heavy atom. The van der Waals surface area contributed by atoms with Crippen LogP contribution >= 0.6 is 0 Å². The fourth-order valence-corrected chi connectivity index (χ4v) is 3.19. The molecular weight excluding hydrogens is 338 g/mol. The zero-order valence-corrected chi connectivity index (χ0v) is 13.9. The predicted molar refractivity (Wildman–Crippen MR) is 91.0 cm³/mol. The summed E-state index contributed by atoms with van der Waals surface area (Å²) in [6.45, 7) is 0.983. The zero-order chi connectivity index (χ0) is 18.1. The monoisotopic (exact) mass is 354 g/mol. The van der Waals surface area contributed by atoms with Crippen LogP contribution in [-0.4, -0.2) is 32.5 Å². The van der Waals surface area contributed by atoms with Gasteiger partial charge in [0.2, 0.25) is 5.91 Å². The molecular formula is C19H16F2N4O. The Hall–Kier alpha value is -3.09. The minimum atomic E-state index is -0.688. The van der Waals surface area contributed by atoms with E-state index in [0.717, 1.165) is 23.7 Å². The van der Waals surface area contributed by atoms with Crippen molar-refractivity contribution >= 4 is 5.91 Å². The summed E-state index contributed by atoms with van der Waals surface area (Å²) in [6, 6.07) is 7.20. The lowest BCUT2D eigenvalue weighted by Gasteiger charge is -2.27. The number of benzene rings is 1. The number of nitrogens with one attached hydrogen (secondary N) is 1. The number of fused-ring (bicyclic) bond motifs is 1. The van der Waals surface area contributed by atoms with Crippen molar-refractivity contribution in [3.63, 3.8) is 0 Å². The van der Waals surface area contributed by atoms with Gasteiger partial charge in [-0.25, -0.2) is 8.78 Å². The molecule has 7 heteroatoms. The molecule has 0 unspecified atom stereocenters. The van der Waals surface area contributed by atoms with Crippen LogP contribution in [0.3, 0.4) is 0 Å². The van der Waals surface area contributed by atoms with Crippen LogP contribution in [0.2, 0.25) is 0 Å². The summed E-state index contributed by atoms with van der Waals surface area (Å²) < 4.78 is 27.2. The Labute approximate surface area is 148 Å². The zero-order valence-electron chi connectivity index (χ0n) is 13.9. The highest BCUT2D eigenvalue weighted by Crippen LogP contribution is 2.30. The maximum Gasteiger partial charge on any atom is 0.227 e. The van der Waals surface area contributed by atoms with E-state index >= 15 is 0 Å². The Bertz CT molecular complexity index is 955. The van der Waals surface area contributed by atoms with Crippen molar-refractivity contribution in [1.82, 2.24) is 20.1 Å². The molecule has 0 radical (unpaired) electrons. The van der Waals surface area contributed by atoms with Crippen molar-refractivity contribution in [2.45, 2.75) is 19.4 Å². The number of rotatable bonds is 4. The molecule has 5 nitrogen and oxygen atoms in total. The van der Waals surface area contributed by atoms with Gasteiger partial charge < -0.3 is 4.90 Å². The van der Waals surface area contributed by atoms with Crippen molar-refractivity contribution in [3.05, 3.63) is 71.2 Å². The number of hydrogen-bond donors (Lipinski definition) is 1. The standard InChI is InChI=1S/C19H16F2N4O/c20-13-1-2-14(16(21)9-13)19-15-10-18(26)25(11-17(15)23-24-19)8-5-12-3-6-22-7-4-12/h1-4,6-7,9H,5,8,10-11H2,(H,23,24). The summed E-state index contributed by atoms with van der Waals surface area (Å²) in [7, 11) is 0. The average molecular weight is 354 g/mol. The summed E-state index contributed by atoms with van der Waals surface area (Å²) >= 11 is 0. The lowest BCUT2D eigenvalue weighted by Crippen LogP contribution is -2.37. The van der Waals surface area contributed by atoms with Crippen LogP contribution in [-0.2, 0) is 24.2 Å². The van der Waals surface area contributed by atoms with Gasteiger partial charge in [-0.1, -0.05) is 0 Å². The van der Waals surface area contributed by atoms with Crippen molar-refractivity contribution in [1.29, 1.82) is 0 Å². The Balaban J connectivity index is 1.55. The molecule has 3 aromatic rings. The number of carbonyl (C=O) groups is 1. The van der Waals surface area contributed by atoms with E-state index in [1.165, 1.54) is 12.1 Å². The quantitative estimate of drug-likeness (QED) is 0.784. The van der Waals surface area contributed by atoms with Crippen molar-refractivity contribution in [3.8, 4) is 11.3 Å². The van der Waals surface area contributed by atoms with E-state index in [1.807, 2.05) is 12.1 Å². The van der Waals surface area contributed by atoms with E-state index in [0.29, 0.717) is 24.3 Å². The third-order valence-corrected chi connectivity index (χ3v) is 4.59. The number of halogens is 2. The molecule has 0 spiro atoms. The van der Waals surface area contributed by atoms with Crippen molar-refractivity contribution < 1.29 is 13.6 Å². The van der Waals surface area contributed by atoms with E-state index in [4.69, 9.17) is 0 Å². The maximum absolute atomic E-state index is 14.1. The first-order valence-electron chi connectivity index (χ1n) is 8.30. The van der Waals surface area contributed by atoms with Crippen LogP contribution in [0.4, 0.5) is 8.78 Å². The van der Waals surface area contributed by atoms with Gasteiger partial charge in [-0.05, 0) is 36.2 Å². The van der Waals surface area contributed by atoms with Gasteiger partial charge in [-0.15, -0.1) is 0 Å². The van der Waals surface area contributed by atoms with Crippen molar-refractivity contribution in [2.75, 3.05) is 6.54 Å². The van der Waals surface area contributed by atoms with E-state index in [-0.39, 0.29) is 17.9 Å². The number of pyridine rings is 1. The van der Waals surface area contributed by atoms with Gasteiger partial charge in [0.1, 0.15) is 11.6 Å². The first kappa shape index (κ1) is 16.4. The molecule has 1 N–H and O–H groups in total. The van der Waals surface area contributed by atoms with Gasteiger partial charge >= 0.3 is 0 Å². The average Bonchev–Trinajstić information content (AvgIpc) is 3.03. The summed E-state index contributed by atoms with van der Waals surface area (Å²) in [4.78, 5) is 18.3. The lowest BCUT2D eigenvalue weighted by atomic mass is 9.99. The Morgan fingerprint density at radius 2 is 1.96 bits per heavy atom. The highest BCUT2D eigenvalue weighted by atomic mass is 19.1. The van der Waals surface area contributed by atoms with E-state index in [1.54, 1.807) is 17.3 Å². The molecule has 2 aromatic heterocycles. The van der Waals surface area contributed by atoms with Gasteiger partial charge in [0, 0.05) is 36.1 Å². The molecule has 0 bridgehead atoms. The molecule has 0 saturated carbocycles. The minimum Gasteiger partial charge on any atom is -0.336 e. The maximum atomic E-state index is 14.1. The van der Waals surface area contributed by atoms with E-state index in [9.17, 15) is 13.6 Å². The third kappa shape index (κ3) is 3.08. The first-order valence-corrected chi connectivity index (χ1v) is 8.30. The molecule has 26 heavy (non-hydrogen) atoms. The van der Waals surface area contributed by atoms with Crippen LogP contribution in [0.15, 0.2) is 42.7 Å². The third-order valence-electron chi connectivity index (χ3n) is 4.59. The molecule has 1 amide bonds. The largest absolute Gasteiger partial charge is 0.336 e. The number of aromatic amines is 1. The minimum absolute atomic E-state index is 0.0308. The highest BCUT2D eigenvalue weighted by molar-refractivity contribution is 5.83. The number of aromatic nitrogens is 3. The normalized spacial score (nSPS) is 13.8. The second-order valence-corrected chi connectivity index (χ2v) is 6.25. The van der Waals surface area contributed by atoms with Crippen LogP contribution in [0.1, 0.15) is 16.8 Å². The molecule has 0 saturated heterocycles. The van der Waals surface area contributed by atoms with Crippen molar-refractivity contribution in [2.24, 2.45) is 0 Å². The molecule has 0 fully saturated rings. The Kier molecular flexibility index (Phi) is 4.20. The fourth-order valence-electron chi connectivity index (χ4n) is 3.19. The molecule has 0 aliphatic carbocycles. The van der Waals surface area contributed by atoms with Crippen LogP contribution in [0.5, 0.6) is 0 Å². The highest BCUT2D eigenvalue weighted by Gasteiger charge is 2.28. The molecule has 3 heterocycles. The first-order chi connectivity index (χ1) is 12.6. The lowest BCUT2D eigenvalue weighted by molar-refractivity contribution is -0.131. The predicted octanol–water partition coefficient (Wildman–Crippen LogP) is 2.88. The number of H-pyrrole nitrogens is 1. The number of hydrogen-bond acceptors (Lipinski definition) is 3. The molecule has 1 aromatic carbocycles. The summed E-state index contributed by atoms with van der Waals surface area (Å²) in [5, 5.41) is 7.07. The summed E-state index contributed by atoms with van der Waals surface area (Å²) in [5.74, 6) is -1.36. The molecule has 0 atom stereocenters. The molecule has 4 rings (SSSR count). The molecule has 1 aliphatic rings. The van der Waals surface area contributed by atoms with E-state index < -0.39 is 11.6 Å². The SMILES string of the molecule is O=C1Cc2c(-c3ccc(F)cc3F)n[nH]c2CN1CCc1ccncc1. The van der Waals surface area contributed by atoms with Gasteiger partial charge in [0.15, 0.2) is 0 Å². The molecule has 1 aliphatic heterocycles. The summed E-state index contributed by atoms with van der Waals surface area (Å²) in [6.07, 6.45) is 4.33. The van der Waals surface area contributed by atoms with Crippen LogP contribution < -0.4 is 0 Å². The second kappa shape index (κ2) is 6.67. The van der Waals surface area contributed by atoms with Gasteiger partial charge in [-0.3, -0.25) is 14.9 Å². The topological polar surface area (TPSA) is 61.9 Å². The number of amides is 1. The van der Waals surface area contributed by atoms with Gasteiger partial charge in [0.05, 0.1) is 24.4 Å². The number of nitrogens with zero attached hydrogens (tertiary/aromatic N) is 3.